The molecule has 20 heavy (non-hydrogen) atoms. The van der Waals surface area contributed by atoms with Crippen LogP contribution in [0.5, 0.6) is 0 Å². The van der Waals surface area contributed by atoms with Crippen LogP contribution in [0, 0.1) is 0 Å². The second-order valence-corrected chi connectivity index (χ2v) is 5.41. The molecule has 0 spiro atoms. The van der Waals surface area contributed by atoms with Crippen molar-refractivity contribution in [1.29, 1.82) is 0 Å². The fourth-order valence-electron chi connectivity index (χ4n) is 2.24. The Morgan fingerprint density at radius 2 is 2.30 bits per heavy atom. The maximum absolute atomic E-state index is 12.2. The lowest BCUT2D eigenvalue weighted by Gasteiger charge is -2.24. The minimum Gasteiger partial charge on any atom is -0.385 e. The maximum Gasteiger partial charge on any atom is 0.255 e. The van der Waals surface area contributed by atoms with Crippen molar-refractivity contribution in [1.82, 2.24) is 15.2 Å². The van der Waals surface area contributed by atoms with Gasteiger partial charge in [-0.1, -0.05) is 0 Å². The Kier molecular flexibility index (Phi) is 4.95. The Labute approximate surface area is 120 Å². The average molecular weight is 276 g/mol. The van der Waals surface area contributed by atoms with Gasteiger partial charge in [-0.3, -0.25) is 14.7 Å². The third-order valence-electron chi connectivity index (χ3n) is 3.81. The number of amides is 1. The number of nitrogens with one attached hydrogen (secondary N) is 2. The van der Waals surface area contributed by atoms with Gasteiger partial charge in [-0.05, 0) is 39.8 Å². The van der Waals surface area contributed by atoms with Crippen LogP contribution < -0.4 is 10.6 Å². The van der Waals surface area contributed by atoms with Crippen molar-refractivity contribution < 1.29 is 4.79 Å². The van der Waals surface area contributed by atoms with Crippen molar-refractivity contribution in [2.45, 2.75) is 38.8 Å². The molecular weight excluding hydrogens is 252 g/mol. The van der Waals surface area contributed by atoms with Gasteiger partial charge in [0.25, 0.3) is 5.91 Å². The summed E-state index contributed by atoms with van der Waals surface area (Å²) in [6.07, 6.45) is 5.87. The second kappa shape index (κ2) is 6.70. The predicted octanol–water partition coefficient (Wildman–Crippen LogP) is 1.73. The highest BCUT2D eigenvalue weighted by molar-refractivity contribution is 5.99. The van der Waals surface area contributed by atoms with E-state index in [4.69, 9.17) is 0 Å². The van der Waals surface area contributed by atoms with Crippen LogP contribution >= 0.6 is 0 Å². The van der Waals surface area contributed by atoms with Gasteiger partial charge in [0.05, 0.1) is 11.3 Å². The smallest absolute Gasteiger partial charge is 0.255 e. The average Bonchev–Trinajstić information content (AvgIpc) is 3.29. The van der Waals surface area contributed by atoms with E-state index in [-0.39, 0.29) is 5.91 Å². The van der Waals surface area contributed by atoms with Crippen molar-refractivity contribution in [3.8, 4) is 0 Å². The van der Waals surface area contributed by atoms with Gasteiger partial charge >= 0.3 is 0 Å². The molecule has 1 amide bonds. The fraction of sp³-hybridized carbons (Fsp3) is 0.600. The summed E-state index contributed by atoms with van der Waals surface area (Å²) in [5, 5.41) is 6.18. The zero-order chi connectivity index (χ0) is 14.5. The number of carbonyl (C=O) groups is 1. The van der Waals surface area contributed by atoms with Crippen LogP contribution in [0.25, 0.3) is 0 Å². The summed E-state index contributed by atoms with van der Waals surface area (Å²) in [6, 6.07) is 2.89. The van der Waals surface area contributed by atoms with Crippen molar-refractivity contribution in [2.24, 2.45) is 0 Å². The molecule has 5 heteroatoms. The van der Waals surface area contributed by atoms with Gasteiger partial charge in [-0.2, -0.15) is 0 Å². The molecule has 2 N–H and O–H groups in total. The maximum atomic E-state index is 12.2. The summed E-state index contributed by atoms with van der Waals surface area (Å²) in [7, 11) is 2.13. The lowest BCUT2D eigenvalue weighted by atomic mass is 10.2. The minimum absolute atomic E-state index is 0.0647. The van der Waals surface area contributed by atoms with Crippen molar-refractivity contribution in [3.63, 3.8) is 0 Å². The lowest BCUT2D eigenvalue weighted by Crippen LogP contribution is -2.41. The van der Waals surface area contributed by atoms with Gasteiger partial charge in [-0.25, -0.2) is 0 Å². The number of hydrogen-bond acceptors (Lipinski definition) is 4. The van der Waals surface area contributed by atoms with Gasteiger partial charge in [0, 0.05) is 37.6 Å². The Balaban J connectivity index is 1.91. The molecule has 0 bridgehead atoms. The lowest BCUT2D eigenvalue weighted by molar-refractivity contribution is 0.0940. The molecule has 110 valence electrons. The number of hydrogen-bond donors (Lipinski definition) is 2. The van der Waals surface area contributed by atoms with E-state index in [0.29, 0.717) is 24.2 Å². The monoisotopic (exact) mass is 276 g/mol. The van der Waals surface area contributed by atoms with Crippen molar-refractivity contribution >= 4 is 11.6 Å². The zero-order valence-electron chi connectivity index (χ0n) is 12.5. The first-order valence-electron chi connectivity index (χ1n) is 7.31. The molecule has 1 aromatic rings. The first-order valence-corrected chi connectivity index (χ1v) is 7.31. The summed E-state index contributed by atoms with van der Waals surface area (Å²) >= 11 is 0. The van der Waals surface area contributed by atoms with E-state index in [9.17, 15) is 4.79 Å². The Hall–Kier alpha value is -1.62. The van der Waals surface area contributed by atoms with Crippen molar-refractivity contribution in [2.75, 3.05) is 25.5 Å². The summed E-state index contributed by atoms with van der Waals surface area (Å²) in [6.45, 7) is 5.60. The molecule has 1 aliphatic carbocycles. The highest BCUT2D eigenvalue weighted by Gasteiger charge is 2.29. The van der Waals surface area contributed by atoms with Crippen LogP contribution in [0.2, 0.25) is 0 Å². The largest absolute Gasteiger partial charge is 0.385 e. The molecule has 1 aliphatic rings. The van der Waals surface area contributed by atoms with Gasteiger partial charge in [0.15, 0.2) is 0 Å². The molecule has 0 aliphatic heterocycles. The van der Waals surface area contributed by atoms with Crippen LogP contribution in [0.3, 0.4) is 0 Å². The third-order valence-corrected chi connectivity index (χ3v) is 3.81. The van der Waals surface area contributed by atoms with Crippen LogP contribution in [0.1, 0.15) is 37.0 Å². The first-order chi connectivity index (χ1) is 9.63. The molecule has 5 nitrogen and oxygen atoms in total. The van der Waals surface area contributed by atoms with Crippen LogP contribution in [0.4, 0.5) is 5.69 Å². The third kappa shape index (κ3) is 3.70. The van der Waals surface area contributed by atoms with Crippen molar-refractivity contribution in [3.05, 3.63) is 24.0 Å². The number of rotatable bonds is 7. The standard InChI is InChI=1S/C15H24N4O/c1-4-17-14-7-8-16-10-13(14)15(20)18-9-11(2)19(3)12-5-6-12/h7-8,10-12H,4-6,9H2,1-3H3,(H,16,17)(H,18,20). The summed E-state index contributed by atoms with van der Waals surface area (Å²) in [4.78, 5) is 18.6. The van der Waals surface area contributed by atoms with E-state index < -0.39 is 0 Å². The fourth-order valence-corrected chi connectivity index (χ4v) is 2.24. The molecule has 1 aromatic heterocycles. The van der Waals surface area contributed by atoms with E-state index in [1.54, 1.807) is 12.4 Å². The summed E-state index contributed by atoms with van der Waals surface area (Å²) in [5.41, 5.74) is 1.44. The highest BCUT2D eigenvalue weighted by atomic mass is 16.1. The second-order valence-electron chi connectivity index (χ2n) is 5.41. The molecule has 1 unspecified atom stereocenters. The summed E-state index contributed by atoms with van der Waals surface area (Å²) < 4.78 is 0. The zero-order valence-corrected chi connectivity index (χ0v) is 12.5. The molecule has 1 fully saturated rings. The molecule has 1 saturated carbocycles. The topological polar surface area (TPSA) is 57.3 Å². The van der Waals surface area contributed by atoms with E-state index in [1.165, 1.54) is 12.8 Å². The van der Waals surface area contributed by atoms with Gasteiger partial charge in [0.1, 0.15) is 0 Å². The first kappa shape index (κ1) is 14.8. The van der Waals surface area contributed by atoms with E-state index in [0.717, 1.165) is 12.2 Å². The molecule has 0 radical (unpaired) electrons. The normalized spacial score (nSPS) is 16.0. The van der Waals surface area contributed by atoms with Crippen LogP contribution in [-0.4, -0.2) is 48.0 Å². The highest BCUT2D eigenvalue weighted by Crippen LogP contribution is 2.26. The number of nitrogens with zero attached hydrogens (tertiary/aromatic N) is 2. The minimum atomic E-state index is -0.0647. The Morgan fingerprint density at radius 1 is 1.55 bits per heavy atom. The van der Waals surface area contributed by atoms with E-state index >= 15 is 0 Å². The number of carbonyl (C=O) groups excluding carboxylic acids is 1. The molecule has 1 atom stereocenters. The van der Waals surface area contributed by atoms with E-state index in [1.807, 2.05) is 13.0 Å². The van der Waals surface area contributed by atoms with Crippen LogP contribution in [0.15, 0.2) is 18.5 Å². The molecule has 0 saturated heterocycles. The van der Waals surface area contributed by atoms with Gasteiger partial charge < -0.3 is 10.6 Å². The molecular formula is C15H24N4O. The quantitative estimate of drug-likeness (QED) is 0.796. The molecule has 1 heterocycles. The number of pyridine rings is 1. The number of anilines is 1. The Morgan fingerprint density at radius 3 is 2.95 bits per heavy atom. The SMILES string of the molecule is CCNc1ccncc1C(=O)NCC(C)N(C)C1CC1. The molecule has 0 aromatic carbocycles. The summed E-state index contributed by atoms with van der Waals surface area (Å²) in [5.74, 6) is -0.0647. The van der Waals surface area contributed by atoms with Crippen LogP contribution in [-0.2, 0) is 0 Å². The Bertz CT molecular complexity index is 459. The van der Waals surface area contributed by atoms with Gasteiger partial charge in [0.2, 0.25) is 0 Å². The molecule has 2 rings (SSSR count). The number of likely N-dealkylation sites (N-methyl/N-ethyl adjacent to an activating group) is 1. The number of aromatic nitrogens is 1. The van der Waals surface area contributed by atoms with Gasteiger partial charge in [-0.15, -0.1) is 0 Å². The van der Waals surface area contributed by atoms with E-state index in [2.05, 4.69) is 34.5 Å². The predicted molar refractivity (Wildman–Crippen MR) is 81.0 cm³/mol.